The summed E-state index contributed by atoms with van der Waals surface area (Å²) in [5.41, 5.74) is 0.969. The van der Waals surface area contributed by atoms with Crippen molar-refractivity contribution < 1.29 is 14.4 Å². The smallest absolute Gasteiger partial charge is 0.239 e. The van der Waals surface area contributed by atoms with E-state index in [-0.39, 0.29) is 28.7 Å². The lowest BCUT2D eigenvalue weighted by Gasteiger charge is -2.27. The fourth-order valence-electron chi connectivity index (χ4n) is 5.17. The van der Waals surface area contributed by atoms with E-state index < -0.39 is 17.9 Å². The Morgan fingerprint density at radius 3 is 2.38 bits per heavy atom. The molecule has 3 saturated heterocycles. The second kappa shape index (κ2) is 6.94. The van der Waals surface area contributed by atoms with E-state index in [2.05, 4.69) is 4.90 Å². The maximum Gasteiger partial charge on any atom is 0.239 e. The normalized spacial score (nSPS) is 28.7. The second-order valence-corrected chi connectivity index (χ2v) is 8.60. The molecule has 0 aromatic heterocycles. The number of benzene rings is 2. The molecule has 5 rings (SSSR count). The number of amides is 2. The Hall–Kier alpha value is -2.21. The van der Waals surface area contributed by atoms with Crippen LogP contribution in [0.5, 0.6) is 0 Å². The molecule has 0 spiro atoms. The highest BCUT2D eigenvalue weighted by Crippen LogP contribution is 2.48. The van der Waals surface area contributed by atoms with Gasteiger partial charge in [-0.3, -0.25) is 19.3 Å². The Morgan fingerprint density at radius 2 is 1.66 bits per heavy atom. The van der Waals surface area contributed by atoms with E-state index in [9.17, 15) is 14.4 Å². The molecule has 29 heavy (non-hydrogen) atoms. The average Bonchev–Trinajstić information content (AvgIpc) is 3.37. The van der Waals surface area contributed by atoms with Crippen molar-refractivity contribution in [3.63, 3.8) is 0 Å². The number of ketones is 1. The van der Waals surface area contributed by atoms with Crippen LogP contribution in [-0.2, 0) is 9.59 Å². The Morgan fingerprint density at radius 1 is 0.931 bits per heavy atom. The zero-order chi connectivity index (χ0) is 20.3. The van der Waals surface area contributed by atoms with Gasteiger partial charge in [0.15, 0.2) is 5.78 Å². The van der Waals surface area contributed by atoms with Gasteiger partial charge in [-0.05, 0) is 37.6 Å². The Labute approximate surface area is 178 Å². The number of nitrogens with zero attached hydrogens (tertiary/aromatic N) is 2. The lowest BCUT2D eigenvalue weighted by Crippen LogP contribution is -2.46. The Balaban J connectivity index is 1.56. The third-order valence-corrected chi connectivity index (χ3v) is 7.08. The summed E-state index contributed by atoms with van der Waals surface area (Å²) in [5, 5.41) is 0.634. The third-order valence-electron chi connectivity index (χ3n) is 6.34. The maximum atomic E-state index is 13.4. The van der Waals surface area contributed by atoms with Crippen molar-refractivity contribution in [3.8, 4) is 0 Å². The molecule has 3 aliphatic heterocycles. The number of hydrogen-bond donors (Lipinski definition) is 0. The van der Waals surface area contributed by atoms with Gasteiger partial charge in [0, 0.05) is 11.6 Å². The lowest BCUT2D eigenvalue weighted by molar-refractivity contribution is -0.123. The SMILES string of the molecule is O=C(c1ccccc1)[C@@H]1[C@@H]2C(=O)N(c3ccc(Cl)c(Cl)c3)C(=O)[C@H]2[C@H]2CCCN21. The van der Waals surface area contributed by atoms with Gasteiger partial charge in [-0.2, -0.15) is 0 Å². The number of halogens is 2. The molecule has 0 radical (unpaired) electrons. The van der Waals surface area contributed by atoms with E-state index in [1.165, 1.54) is 11.0 Å². The summed E-state index contributed by atoms with van der Waals surface area (Å²) in [6.45, 7) is 0.730. The highest BCUT2D eigenvalue weighted by Gasteiger charge is 2.64. The van der Waals surface area contributed by atoms with Gasteiger partial charge in [-0.1, -0.05) is 53.5 Å². The van der Waals surface area contributed by atoms with Crippen LogP contribution < -0.4 is 4.90 Å². The molecule has 0 unspecified atom stereocenters. The first-order valence-corrected chi connectivity index (χ1v) is 10.4. The van der Waals surface area contributed by atoms with Crippen molar-refractivity contribution in [2.75, 3.05) is 11.4 Å². The van der Waals surface area contributed by atoms with Gasteiger partial charge in [-0.25, -0.2) is 4.90 Å². The molecule has 148 valence electrons. The van der Waals surface area contributed by atoms with Crippen LogP contribution in [0.4, 0.5) is 5.69 Å². The minimum atomic E-state index is -0.671. The molecule has 0 N–H and O–H groups in total. The van der Waals surface area contributed by atoms with Crippen LogP contribution >= 0.6 is 23.2 Å². The highest BCUT2D eigenvalue weighted by molar-refractivity contribution is 6.42. The van der Waals surface area contributed by atoms with Crippen molar-refractivity contribution >= 4 is 46.5 Å². The molecule has 0 saturated carbocycles. The first-order valence-electron chi connectivity index (χ1n) is 9.67. The Kier molecular flexibility index (Phi) is 4.50. The van der Waals surface area contributed by atoms with E-state index in [1.807, 2.05) is 18.2 Å². The first kappa shape index (κ1) is 18.8. The van der Waals surface area contributed by atoms with Crippen LogP contribution in [0, 0.1) is 11.8 Å². The molecule has 5 nitrogen and oxygen atoms in total. The topological polar surface area (TPSA) is 57.7 Å². The van der Waals surface area contributed by atoms with Crippen molar-refractivity contribution in [1.29, 1.82) is 0 Å². The largest absolute Gasteiger partial charge is 0.292 e. The lowest BCUT2D eigenvalue weighted by atomic mass is 9.85. The molecule has 4 atom stereocenters. The summed E-state index contributed by atoms with van der Waals surface area (Å²) < 4.78 is 0. The molecule has 0 aliphatic carbocycles. The maximum absolute atomic E-state index is 13.4. The van der Waals surface area contributed by atoms with Crippen LogP contribution in [0.2, 0.25) is 10.0 Å². The summed E-state index contributed by atoms with van der Waals surface area (Å²) in [5.74, 6) is -1.85. The molecule has 7 heteroatoms. The van der Waals surface area contributed by atoms with E-state index in [4.69, 9.17) is 23.2 Å². The van der Waals surface area contributed by atoms with Gasteiger partial charge in [0.1, 0.15) is 0 Å². The number of fused-ring (bicyclic) bond motifs is 3. The van der Waals surface area contributed by atoms with Gasteiger partial charge >= 0.3 is 0 Å². The minimum absolute atomic E-state index is 0.0816. The molecular formula is C22H18Cl2N2O3. The van der Waals surface area contributed by atoms with Crippen molar-refractivity contribution in [1.82, 2.24) is 4.90 Å². The van der Waals surface area contributed by atoms with Gasteiger partial charge in [0.05, 0.1) is 33.6 Å². The number of imide groups is 1. The molecule has 3 fully saturated rings. The molecule has 3 aliphatic rings. The molecular weight excluding hydrogens is 411 g/mol. The highest BCUT2D eigenvalue weighted by atomic mass is 35.5. The van der Waals surface area contributed by atoms with Crippen molar-refractivity contribution in [2.45, 2.75) is 24.9 Å². The van der Waals surface area contributed by atoms with Crippen LogP contribution in [0.25, 0.3) is 0 Å². The first-order chi connectivity index (χ1) is 14.0. The van der Waals surface area contributed by atoms with Gasteiger partial charge in [0.2, 0.25) is 11.8 Å². The average molecular weight is 429 g/mol. The summed E-state index contributed by atoms with van der Waals surface area (Å²) in [4.78, 5) is 43.4. The van der Waals surface area contributed by atoms with E-state index in [0.29, 0.717) is 16.3 Å². The van der Waals surface area contributed by atoms with Crippen LogP contribution in [0.1, 0.15) is 23.2 Å². The van der Waals surface area contributed by atoms with Gasteiger partial charge in [-0.15, -0.1) is 0 Å². The number of carbonyl (C=O) groups excluding carboxylic acids is 3. The van der Waals surface area contributed by atoms with E-state index in [1.54, 1.807) is 24.3 Å². The molecule has 2 amide bonds. The number of rotatable bonds is 3. The monoisotopic (exact) mass is 428 g/mol. The molecule has 2 aromatic rings. The number of hydrogen-bond acceptors (Lipinski definition) is 4. The number of anilines is 1. The fourth-order valence-corrected chi connectivity index (χ4v) is 5.46. The van der Waals surface area contributed by atoms with Crippen LogP contribution in [0.3, 0.4) is 0 Å². The van der Waals surface area contributed by atoms with E-state index >= 15 is 0 Å². The quantitative estimate of drug-likeness (QED) is 0.550. The minimum Gasteiger partial charge on any atom is -0.292 e. The van der Waals surface area contributed by atoms with Crippen LogP contribution in [-0.4, -0.2) is 41.1 Å². The summed E-state index contributed by atoms with van der Waals surface area (Å²) in [6, 6.07) is 13.0. The third kappa shape index (κ3) is 2.75. The number of carbonyl (C=O) groups is 3. The molecule has 0 bridgehead atoms. The summed E-state index contributed by atoms with van der Waals surface area (Å²) in [6.07, 6.45) is 1.73. The fraction of sp³-hybridized carbons (Fsp3) is 0.318. The zero-order valence-corrected chi connectivity index (χ0v) is 16.9. The predicted molar refractivity (Wildman–Crippen MR) is 110 cm³/mol. The predicted octanol–water partition coefficient (Wildman–Crippen LogP) is 3.83. The van der Waals surface area contributed by atoms with Crippen LogP contribution in [0.15, 0.2) is 48.5 Å². The summed E-state index contributed by atoms with van der Waals surface area (Å²) >= 11 is 12.1. The van der Waals surface area contributed by atoms with Crippen molar-refractivity contribution in [3.05, 3.63) is 64.1 Å². The number of Topliss-reactive ketones (excluding diaryl/α,β-unsaturated/α-hetero) is 1. The summed E-state index contributed by atoms with van der Waals surface area (Å²) in [7, 11) is 0. The van der Waals surface area contributed by atoms with Gasteiger partial charge in [0.25, 0.3) is 0 Å². The second-order valence-electron chi connectivity index (χ2n) is 7.78. The standard InChI is InChI=1S/C22H18Cl2N2O3/c23-14-9-8-13(11-15(14)24)26-21(28)17-16-7-4-10-25(16)19(18(17)22(26)29)20(27)12-5-2-1-3-6-12/h1-3,5-6,8-9,11,16-19H,4,7,10H2/t16-,17+,18-,19+/m1/s1. The van der Waals surface area contributed by atoms with E-state index in [0.717, 1.165) is 19.4 Å². The molecule has 2 aromatic carbocycles. The van der Waals surface area contributed by atoms with Crippen molar-refractivity contribution in [2.24, 2.45) is 11.8 Å². The van der Waals surface area contributed by atoms with Gasteiger partial charge < -0.3 is 0 Å². The zero-order valence-electron chi connectivity index (χ0n) is 15.4. The Bertz CT molecular complexity index is 1030. The molecule has 3 heterocycles.